The molecule has 0 aromatic heterocycles. The fourth-order valence-electron chi connectivity index (χ4n) is 3.40. The van der Waals surface area contributed by atoms with Gasteiger partial charge in [0.05, 0.1) is 0 Å². The van der Waals surface area contributed by atoms with Crippen molar-refractivity contribution >= 4 is 106 Å². The van der Waals surface area contributed by atoms with E-state index < -0.39 is 31.1 Å². The molecule has 10 heteroatoms. The summed E-state index contributed by atoms with van der Waals surface area (Å²) in [5.74, 6) is 0.461. The van der Waals surface area contributed by atoms with Gasteiger partial charge in [-0.3, -0.25) is 0 Å². The van der Waals surface area contributed by atoms with E-state index >= 15 is 0 Å². The van der Waals surface area contributed by atoms with Gasteiger partial charge >= 0.3 is 219 Å². The summed E-state index contributed by atoms with van der Waals surface area (Å²) < 4.78 is 19.6. The van der Waals surface area contributed by atoms with E-state index in [-0.39, 0.29) is 5.43 Å². The molecule has 0 amide bonds. The molecule has 148 valence electrons. The number of carbonyl (C=O) groups is 1. The van der Waals surface area contributed by atoms with Crippen LogP contribution in [0.4, 0.5) is 0 Å². The Morgan fingerprint density at radius 3 is 2.30 bits per heavy atom. The van der Waals surface area contributed by atoms with Gasteiger partial charge in [0, 0.05) is 0 Å². The van der Waals surface area contributed by atoms with E-state index in [1.165, 1.54) is 0 Å². The molecule has 0 spiro atoms. The van der Waals surface area contributed by atoms with Crippen molar-refractivity contribution in [2.24, 2.45) is 0 Å². The van der Waals surface area contributed by atoms with Crippen LogP contribution in [-0.4, -0.2) is 31.1 Å². The number of hydrogen-bond donors (Lipinski definition) is 0. The number of carbonyl (C=O) groups excluding carboxylic acids is 1. The summed E-state index contributed by atoms with van der Waals surface area (Å²) in [5, 5.41) is 0.751. The van der Waals surface area contributed by atoms with Crippen molar-refractivity contribution in [1.82, 2.24) is 0 Å². The average molecular weight is 853 g/mol. The van der Waals surface area contributed by atoms with Gasteiger partial charge in [-0.1, -0.05) is 0 Å². The van der Waals surface area contributed by atoms with Crippen LogP contribution in [0.5, 0.6) is 5.75 Å². The third kappa shape index (κ3) is 3.23. The summed E-state index contributed by atoms with van der Waals surface area (Å²) >= 11 is 11.7. The van der Waals surface area contributed by atoms with Crippen molar-refractivity contribution in [2.75, 3.05) is 0 Å². The first-order valence-corrected chi connectivity index (χ1v) is 14.7. The van der Waals surface area contributed by atoms with Crippen LogP contribution in [-0.2, 0) is 2.69 Å². The maximum atomic E-state index is 12.9. The third-order valence-electron chi connectivity index (χ3n) is 4.70. The SMILES string of the molecule is O=C1[O][Pb][O]c2c(Br)cc3c(c4cc(Br)c(=O)c(Br)c-4oc3c2Br)-c2ccccc21. The molecule has 0 fully saturated rings. The summed E-state index contributed by atoms with van der Waals surface area (Å²) in [4.78, 5) is 25.4. The van der Waals surface area contributed by atoms with Crippen LogP contribution >= 0.6 is 63.7 Å². The van der Waals surface area contributed by atoms with Crippen molar-refractivity contribution in [3.8, 4) is 28.2 Å². The summed E-state index contributed by atoms with van der Waals surface area (Å²) in [6.45, 7) is 0. The molecule has 0 N–H and O–H groups in total. The van der Waals surface area contributed by atoms with E-state index in [9.17, 15) is 9.59 Å². The van der Waals surface area contributed by atoms with E-state index in [1.807, 2.05) is 18.2 Å². The second kappa shape index (κ2) is 7.98. The van der Waals surface area contributed by atoms with Crippen LogP contribution < -0.4 is 8.12 Å². The predicted octanol–water partition coefficient (Wildman–Crippen LogP) is 6.70. The van der Waals surface area contributed by atoms with Gasteiger partial charge in [0.1, 0.15) is 0 Å². The van der Waals surface area contributed by atoms with Gasteiger partial charge in [-0.05, 0) is 0 Å². The quantitative estimate of drug-likeness (QED) is 0.146. The van der Waals surface area contributed by atoms with E-state index in [1.54, 1.807) is 18.2 Å². The number of halogens is 4. The first kappa shape index (κ1) is 21.1. The molecule has 2 radical (unpaired) electrons. The fourth-order valence-corrected chi connectivity index (χ4v) is 9.16. The Bertz CT molecular complexity index is 1420. The Balaban J connectivity index is 2.10. The summed E-state index contributed by atoms with van der Waals surface area (Å²) in [7, 11) is 0. The number of rotatable bonds is 0. The van der Waals surface area contributed by atoms with Crippen molar-refractivity contribution in [3.05, 3.63) is 70.1 Å². The zero-order chi connectivity index (χ0) is 21.2. The van der Waals surface area contributed by atoms with Gasteiger partial charge in [-0.25, -0.2) is 0 Å². The van der Waals surface area contributed by atoms with E-state index in [2.05, 4.69) is 63.7 Å². The molecule has 1 aliphatic carbocycles. The molecular weight excluding hydrogens is 847 g/mol. The van der Waals surface area contributed by atoms with Crippen LogP contribution in [0.15, 0.2) is 63.5 Å². The normalized spacial score (nSPS) is 13.3. The van der Waals surface area contributed by atoms with Crippen molar-refractivity contribution < 1.29 is 14.6 Å². The number of hydrogen-bond acceptors (Lipinski definition) is 5. The molecule has 30 heavy (non-hydrogen) atoms. The molecule has 3 heterocycles. The number of benzene rings is 3. The molecule has 2 aromatic rings. The molecule has 5 nitrogen and oxygen atoms in total. The van der Waals surface area contributed by atoms with Crippen LogP contribution in [0, 0.1) is 0 Å². The Labute approximate surface area is 216 Å². The van der Waals surface area contributed by atoms with Gasteiger partial charge in [-0.2, -0.15) is 0 Å². The molecule has 4 bridgehead atoms. The van der Waals surface area contributed by atoms with Crippen LogP contribution in [0.3, 0.4) is 0 Å². The van der Waals surface area contributed by atoms with E-state index in [0.717, 1.165) is 10.9 Å². The molecule has 3 aliphatic heterocycles. The first-order chi connectivity index (χ1) is 14.4. The van der Waals surface area contributed by atoms with E-state index in [0.29, 0.717) is 51.7 Å². The molecule has 0 saturated heterocycles. The van der Waals surface area contributed by atoms with Gasteiger partial charge in [0.25, 0.3) is 0 Å². The molecule has 2 aromatic carbocycles. The molecule has 0 atom stereocenters. The molecule has 0 saturated carbocycles. The van der Waals surface area contributed by atoms with Crippen molar-refractivity contribution in [3.63, 3.8) is 0 Å². The molecular formula is C20H6Br4O5Pb. The second-order valence-electron chi connectivity index (χ2n) is 6.35. The Hall–Kier alpha value is -0.758. The summed E-state index contributed by atoms with van der Waals surface area (Å²) in [6.07, 6.45) is 0. The minimum atomic E-state index is -2.22. The van der Waals surface area contributed by atoms with Gasteiger partial charge in [0.15, 0.2) is 0 Å². The predicted molar refractivity (Wildman–Crippen MR) is 127 cm³/mol. The third-order valence-corrected chi connectivity index (χ3v) is 9.48. The zero-order valence-electron chi connectivity index (χ0n) is 14.5. The summed E-state index contributed by atoms with van der Waals surface area (Å²) in [6, 6.07) is 10.8. The molecule has 0 unspecified atom stereocenters. The van der Waals surface area contributed by atoms with Crippen molar-refractivity contribution in [2.45, 2.75) is 0 Å². The number of fused-ring (bicyclic) bond motifs is 5. The van der Waals surface area contributed by atoms with Crippen LogP contribution in [0.25, 0.3) is 33.4 Å². The zero-order valence-corrected chi connectivity index (χ0v) is 24.7. The van der Waals surface area contributed by atoms with Gasteiger partial charge in [0.2, 0.25) is 0 Å². The fraction of sp³-hybridized carbons (Fsp3) is 0. The molecule has 6 rings (SSSR count). The Kier molecular flexibility index (Phi) is 5.62. The molecule has 4 aliphatic rings. The van der Waals surface area contributed by atoms with Gasteiger partial charge in [-0.15, -0.1) is 0 Å². The average Bonchev–Trinajstić information content (AvgIpc) is 2.75. The standard InChI is InChI=1S/C20H8Br4O5.Pb/c21-11-5-9-13(7-3-1-2-4-8(7)20(27)28)10-6-12(22)17(26)15(24)19(10)29-18(9)14(23)16(11)25;/h1-6,25H,(H,27,28);/q;+2/p-2. The van der Waals surface area contributed by atoms with Crippen LogP contribution in [0.2, 0.25) is 0 Å². The topological polar surface area (TPSA) is 65.7 Å². The van der Waals surface area contributed by atoms with Crippen molar-refractivity contribution in [1.29, 1.82) is 0 Å². The summed E-state index contributed by atoms with van der Waals surface area (Å²) in [5.41, 5.74) is 2.82. The van der Waals surface area contributed by atoms with E-state index in [4.69, 9.17) is 9.79 Å². The maximum absolute atomic E-state index is 12.9. The van der Waals surface area contributed by atoms with Crippen LogP contribution in [0.1, 0.15) is 10.4 Å². The monoisotopic (exact) mass is 850 g/mol. The van der Waals surface area contributed by atoms with Gasteiger partial charge < -0.3 is 0 Å². The Morgan fingerprint density at radius 2 is 1.53 bits per heavy atom. The minimum absolute atomic E-state index is 0.228. The first-order valence-electron chi connectivity index (χ1n) is 8.37. The Morgan fingerprint density at radius 1 is 0.800 bits per heavy atom. The second-order valence-corrected chi connectivity index (χ2v) is 11.9.